The van der Waals surface area contributed by atoms with Crippen LogP contribution in [0.15, 0.2) is 47.4 Å². The van der Waals surface area contributed by atoms with Gasteiger partial charge in [0.1, 0.15) is 0 Å². The number of benzene rings is 2. The Kier molecular flexibility index (Phi) is 5.58. The van der Waals surface area contributed by atoms with Crippen molar-refractivity contribution in [1.82, 2.24) is 14.2 Å². The van der Waals surface area contributed by atoms with Crippen LogP contribution in [0.5, 0.6) is 0 Å². The molecule has 0 atom stereocenters. The number of carbonyl (C=O) groups is 1. The SMILES string of the molecule is CN1CCN(S(=O)(=O)c2ccc3nc(NC(=O)c4cccc(Cl)c4)sc3c2)CC1. The molecule has 152 valence electrons. The number of anilines is 1. The molecular weight excluding hydrogens is 432 g/mol. The summed E-state index contributed by atoms with van der Waals surface area (Å²) in [6.07, 6.45) is 0. The van der Waals surface area contributed by atoms with Gasteiger partial charge in [0.15, 0.2) is 5.13 Å². The van der Waals surface area contributed by atoms with Crippen LogP contribution in [0.3, 0.4) is 0 Å². The number of aromatic nitrogens is 1. The lowest BCUT2D eigenvalue weighted by Gasteiger charge is -2.31. The first kappa shape index (κ1) is 20.2. The highest BCUT2D eigenvalue weighted by atomic mass is 35.5. The van der Waals surface area contributed by atoms with Crippen LogP contribution in [0.25, 0.3) is 10.2 Å². The quantitative estimate of drug-likeness (QED) is 0.660. The molecule has 2 heterocycles. The number of likely N-dealkylation sites (N-methyl/N-ethyl adjacent to an activating group) is 1. The summed E-state index contributed by atoms with van der Waals surface area (Å²) < 4.78 is 28.1. The number of sulfonamides is 1. The van der Waals surface area contributed by atoms with Crippen molar-refractivity contribution < 1.29 is 13.2 Å². The van der Waals surface area contributed by atoms with E-state index >= 15 is 0 Å². The van der Waals surface area contributed by atoms with Gasteiger partial charge >= 0.3 is 0 Å². The third kappa shape index (κ3) is 4.29. The molecule has 0 bridgehead atoms. The monoisotopic (exact) mass is 450 g/mol. The molecule has 0 radical (unpaired) electrons. The van der Waals surface area contributed by atoms with Gasteiger partial charge in [-0.05, 0) is 43.4 Å². The number of halogens is 1. The lowest BCUT2D eigenvalue weighted by Crippen LogP contribution is -2.46. The van der Waals surface area contributed by atoms with Crippen LogP contribution in [-0.2, 0) is 10.0 Å². The van der Waals surface area contributed by atoms with E-state index < -0.39 is 10.0 Å². The van der Waals surface area contributed by atoms with Crippen molar-refractivity contribution in [3.8, 4) is 0 Å². The molecular formula is C19H19ClN4O3S2. The van der Waals surface area contributed by atoms with Crippen molar-refractivity contribution in [1.29, 1.82) is 0 Å². The summed E-state index contributed by atoms with van der Waals surface area (Å²) in [4.78, 5) is 19.1. The molecule has 1 aliphatic heterocycles. The fourth-order valence-corrected chi connectivity index (χ4v) is 5.71. The van der Waals surface area contributed by atoms with E-state index in [1.54, 1.807) is 42.5 Å². The number of carbonyl (C=O) groups excluding carboxylic acids is 1. The molecule has 10 heteroatoms. The van der Waals surface area contributed by atoms with Gasteiger partial charge in [0.2, 0.25) is 10.0 Å². The predicted molar refractivity (Wildman–Crippen MR) is 115 cm³/mol. The van der Waals surface area contributed by atoms with Crippen LogP contribution in [-0.4, -0.2) is 61.7 Å². The summed E-state index contributed by atoms with van der Waals surface area (Å²) in [5, 5.41) is 3.62. The van der Waals surface area contributed by atoms with Gasteiger partial charge in [-0.1, -0.05) is 29.0 Å². The molecule has 29 heavy (non-hydrogen) atoms. The van der Waals surface area contributed by atoms with Crippen LogP contribution in [0, 0.1) is 0 Å². The number of nitrogens with zero attached hydrogens (tertiary/aromatic N) is 3. The first-order chi connectivity index (χ1) is 13.8. The second-order valence-corrected chi connectivity index (χ2v) is 10.2. The normalized spacial score (nSPS) is 16.2. The third-order valence-corrected chi connectivity index (χ3v) is 7.83. The minimum Gasteiger partial charge on any atom is -0.304 e. The highest BCUT2D eigenvalue weighted by Crippen LogP contribution is 2.30. The van der Waals surface area contributed by atoms with Gasteiger partial charge in [0, 0.05) is 36.8 Å². The van der Waals surface area contributed by atoms with E-state index in [1.165, 1.54) is 15.6 Å². The molecule has 0 unspecified atom stereocenters. The fourth-order valence-electron chi connectivity index (χ4n) is 3.10. The highest BCUT2D eigenvalue weighted by Gasteiger charge is 2.27. The Morgan fingerprint density at radius 3 is 2.62 bits per heavy atom. The number of amides is 1. The molecule has 1 fully saturated rings. The Labute approximate surface area is 178 Å². The summed E-state index contributed by atoms with van der Waals surface area (Å²) in [5.74, 6) is -0.322. The topological polar surface area (TPSA) is 82.6 Å². The van der Waals surface area contributed by atoms with Gasteiger partial charge in [-0.15, -0.1) is 0 Å². The van der Waals surface area contributed by atoms with Crippen molar-refractivity contribution in [2.45, 2.75) is 4.90 Å². The predicted octanol–water partition coefficient (Wildman–Crippen LogP) is 3.14. The van der Waals surface area contributed by atoms with E-state index in [2.05, 4.69) is 15.2 Å². The van der Waals surface area contributed by atoms with Gasteiger partial charge in [0.25, 0.3) is 5.91 Å². The Balaban J connectivity index is 1.57. The third-order valence-electron chi connectivity index (χ3n) is 4.77. The average Bonchev–Trinajstić information content (AvgIpc) is 3.09. The summed E-state index contributed by atoms with van der Waals surface area (Å²) in [7, 11) is -1.58. The number of piperazine rings is 1. The summed E-state index contributed by atoms with van der Waals surface area (Å²) >= 11 is 7.17. The van der Waals surface area contributed by atoms with Crippen LogP contribution in [0.1, 0.15) is 10.4 Å². The Hall–Kier alpha value is -2.04. The van der Waals surface area contributed by atoms with Gasteiger partial charge in [-0.2, -0.15) is 4.31 Å². The molecule has 1 N–H and O–H groups in total. The van der Waals surface area contributed by atoms with Crippen LogP contribution in [0.4, 0.5) is 5.13 Å². The van der Waals surface area contributed by atoms with Gasteiger partial charge in [-0.25, -0.2) is 13.4 Å². The van der Waals surface area contributed by atoms with Crippen molar-refractivity contribution in [3.63, 3.8) is 0 Å². The summed E-state index contributed by atoms with van der Waals surface area (Å²) in [5.41, 5.74) is 1.06. The molecule has 0 aliphatic carbocycles. The van der Waals surface area contributed by atoms with E-state index in [4.69, 9.17) is 11.6 Å². The number of hydrogen-bond donors (Lipinski definition) is 1. The molecule has 0 saturated carbocycles. The second-order valence-electron chi connectivity index (χ2n) is 6.82. The van der Waals surface area contributed by atoms with Crippen molar-refractivity contribution in [2.75, 3.05) is 38.5 Å². The average molecular weight is 451 g/mol. The zero-order valence-corrected chi connectivity index (χ0v) is 18.0. The van der Waals surface area contributed by atoms with Crippen molar-refractivity contribution in [2.24, 2.45) is 0 Å². The minimum atomic E-state index is -3.55. The van der Waals surface area contributed by atoms with E-state index in [0.29, 0.717) is 52.1 Å². The maximum atomic E-state index is 12.9. The Bertz CT molecular complexity index is 1170. The van der Waals surface area contributed by atoms with Gasteiger partial charge < -0.3 is 4.90 Å². The molecule has 1 saturated heterocycles. The van der Waals surface area contributed by atoms with E-state index in [-0.39, 0.29) is 10.8 Å². The number of rotatable bonds is 4. The molecule has 1 aliphatic rings. The maximum absolute atomic E-state index is 12.9. The number of fused-ring (bicyclic) bond motifs is 1. The summed E-state index contributed by atoms with van der Waals surface area (Å²) in [6, 6.07) is 11.5. The smallest absolute Gasteiger partial charge is 0.257 e. The van der Waals surface area contributed by atoms with Crippen LogP contribution in [0.2, 0.25) is 5.02 Å². The molecule has 0 spiro atoms. The first-order valence-electron chi connectivity index (χ1n) is 8.99. The fraction of sp³-hybridized carbons (Fsp3) is 0.263. The highest BCUT2D eigenvalue weighted by molar-refractivity contribution is 7.89. The van der Waals surface area contributed by atoms with E-state index in [9.17, 15) is 13.2 Å². The first-order valence-corrected chi connectivity index (χ1v) is 11.6. The molecule has 7 nitrogen and oxygen atoms in total. The molecule has 1 amide bonds. The molecule has 2 aromatic carbocycles. The number of thiazole rings is 1. The zero-order chi connectivity index (χ0) is 20.6. The van der Waals surface area contributed by atoms with Crippen LogP contribution >= 0.6 is 22.9 Å². The van der Waals surface area contributed by atoms with E-state index in [1.807, 2.05) is 7.05 Å². The minimum absolute atomic E-state index is 0.242. The zero-order valence-electron chi connectivity index (χ0n) is 15.6. The Morgan fingerprint density at radius 1 is 1.14 bits per heavy atom. The second kappa shape index (κ2) is 8.00. The standard InChI is InChI=1S/C19H19ClN4O3S2/c1-23-7-9-24(10-8-23)29(26,27)15-5-6-16-17(12-15)28-19(21-16)22-18(25)13-3-2-4-14(20)11-13/h2-6,11-12H,7-10H2,1H3,(H,21,22,25). The summed E-state index contributed by atoms with van der Waals surface area (Å²) in [6.45, 7) is 2.37. The molecule has 3 aromatic rings. The van der Waals surface area contributed by atoms with Gasteiger partial charge in [0.05, 0.1) is 15.1 Å². The molecule has 1 aromatic heterocycles. The van der Waals surface area contributed by atoms with E-state index in [0.717, 1.165) is 0 Å². The van der Waals surface area contributed by atoms with Gasteiger partial charge in [-0.3, -0.25) is 10.1 Å². The number of hydrogen-bond acceptors (Lipinski definition) is 6. The molecule has 4 rings (SSSR count). The lowest BCUT2D eigenvalue weighted by atomic mass is 10.2. The Morgan fingerprint density at radius 2 is 1.90 bits per heavy atom. The van der Waals surface area contributed by atoms with Crippen molar-refractivity contribution >= 4 is 54.2 Å². The lowest BCUT2D eigenvalue weighted by molar-refractivity contribution is 0.102. The van der Waals surface area contributed by atoms with Crippen molar-refractivity contribution in [3.05, 3.63) is 53.1 Å². The maximum Gasteiger partial charge on any atom is 0.257 e. The number of nitrogens with one attached hydrogen (secondary N) is 1. The largest absolute Gasteiger partial charge is 0.304 e. The van der Waals surface area contributed by atoms with Crippen LogP contribution < -0.4 is 5.32 Å².